The Bertz CT molecular complexity index is 903. The van der Waals surface area contributed by atoms with Crippen LogP contribution in [0.1, 0.15) is 34.6 Å². The first-order chi connectivity index (χ1) is 12.0. The second kappa shape index (κ2) is 7.11. The second-order valence-corrected chi connectivity index (χ2v) is 6.74. The smallest absolute Gasteiger partial charge is 0.255 e. The third-order valence-corrected chi connectivity index (χ3v) is 4.57. The van der Waals surface area contributed by atoms with Gasteiger partial charge >= 0.3 is 0 Å². The minimum Gasteiger partial charge on any atom is -0.508 e. The van der Waals surface area contributed by atoms with Crippen LogP contribution in [-0.2, 0) is 0 Å². The molecule has 0 spiro atoms. The summed E-state index contributed by atoms with van der Waals surface area (Å²) in [4.78, 5) is 12.6. The van der Waals surface area contributed by atoms with Crippen LogP contribution >= 0.6 is 15.9 Å². The van der Waals surface area contributed by atoms with Gasteiger partial charge in [-0.05, 0) is 55.8 Å². The molecule has 3 rings (SSSR count). The molecule has 1 aromatic heterocycles. The average molecular weight is 400 g/mol. The maximum atomic E-state index is 12.6. The van der Waals surface area contributed by atoms with Crippen molar-refractivity contribution in [2.75, 3.05) is 0 Å². The highest BCUT2D eigenvalue weighted by Crippen LogP contribution is 2.20. The number of rotatable bonds is 4. The first-order valence-electron chi connectivity index (χ1n) is 7.86. The summed E-state index contributed by atoms with van der Waals surface area (Å²) in [6.07, 6.45) is 1.57. The number of phenolic OH excluding ortho intramolecular Hbond substituents is 1. The van der Waals surface area contributed by atoms with Crippen molar-refractivity contribution in [3.8, 4) is 11.4 Å². The Morgan fingerprint density at radius 2 is 1.96 bits per heavy atom. The molecule has 3 aromatic rings. The van der Waals surface area contributed by atoms with Gasteiger partial charge in [0.25, 0.3) is 5.91 Å². The lowest BCUT2D eigenvalue weighted by molar-refractivity contribution is 0.0939. The monoisotopic (exact) mass is 399 g/mol. The summed E-state index contributed by atoms with van der Waals surface area (Å²) in [6, 6.07) is 14.4. The Labute approximate surface area is 154 Å². The second-order valence-electron chi connectivity index (χ2n) is 5.82. The first kappa shape index (κ1) is 17.2. The van der Waals surface area contributed by atoms with Gasteiger partial charge in [-0.2, -0.15) is 5.10 Å². The highest BCUT2D eigenvalue weighted by atomic mass is 79.9. The van der Waals surface area contributed by atoms with Gasteiger partial charge < -0.3 is 10.4 Å². The molecule has 2 N–H and O–H groups in total. The number of phenols is 1. The van der Waals surface area contributed by atoms with Crippen molar-refractivity contribution < 1.29 is 9.90 Å². The fourth-order valence-corrected chi connectivity index (χ4v) is 2.89. The van der Waals surface area contributed by atoms with E-state index in [1.165, 1.54) is 0 Å². The maximum Gasteiger partial charge on any atom is 0.255 e. The summed E-state index contributed by atoms with van der Waals surface area (Å²) in [6.45, 7) is 3.74. The van der Waals surface area contributed by atoms with E-state index >= 15 is 0 Å². The van der Waals surface area contributed by atoms with Crippen LogP contribution in [0.2, 0.25) is 0 Å². The minimum absolute atomic E-state index is 0.179. The maximum absolute atomic E-state index is 12.6. The number of carbonyl (C=O) groups is 1. The summed E-state index contributed by atoms with van der Waals surface area (Å²) < 4.78 is 2.72. The average Bonchev–Trinajstić information content (AvgIpc) is 2.97. The molecule has 0 fully saturated rings. The number of amides is 1. The van der Waals surface area contributed by atoms with Crippen LogP contribution in [0, 0.1) is 6.92 Å². The number of nitrogens with zero attached hydrogens (tertiary/aromatic N) is 2. The summed E-state index contributed by atoms with van der Waals surface area (Å²) in [5, 5.41) is 16.9. The molecule has 0 aliphatic rings. The van der Waals surface area contributed by atoms with Crippen molar-refractivity contribution in [1.82, 2.24) is 15.1 Å². The first-order valence-corrected chi connectivity index (χ1v) is 8.65. The third kappa shape index (κ3) is 3.74. The lowest BCUT2D eigenvalue weighted by Crippen LogP contribution is -2.27. The van der Waals surface area contributed by atoms with Crippen LogP contribution in [0.5, 0.6) is 5.75 Å². The lowest BCUT2D eigenvalue weighted by Gasteiger charge is -2.14. The van der Waals surface area contributed by atoms with Gasteiger partial charge in [-0.3, -0.25) is 4.79 Å². The molecule has 0 radical (unpaired) electrons. The fourth-order valence-electron chi connectivity index (χ4n) is 2.63. The van der Waals surface area contributed by atoms with Crippen molar-refractivity contribution >= 4 is 21.8 Å². The van der Waals surface area contributed by atoms with E-state index in [0.717, 1.165) is 21.4 Å². The van der Waals surface area contributed by atoms with Gasteiger partial charge in [0.15, 0.2) is 0 Å². The van der Waals surface area contributed by atoms with Crippen LogP contribution in [0.15, 0.2) is 59.2 Å². The summed E-state index contributed by atoms with van der Waals surface area (Å²) in [5.41, 5.74) is 3.02. The van der Waals surface area contributed by atoms with Gasteiger partial charge in [0, 0.05) is 4.47 Å². The molecule has 0 aliphatic heterocycles. The zero-order chi connectivity index (χ0) is 18.0. The zero-order valence-electron chi connectivity index (χ0n) is 13.9. The Hall–Kier alpha value is -2.60. The number of aromatic hydroxyl groups is 1. The van der Waals surface area contributed by atoms with Crippen molar-refractivity contribution in [3.63, 3.8) is 0 Å². The largest absolute Gasteiger partial charge is 0.508 e. The topological polar surface area (TPSA) is 67.2 Å². The molecule has 1 atom stereocenters. The summed E-state index contributed by atoms with van der Waals surface area (Å²) >= 11 is 3.41. The van der Waals surface area contributed by atoms with Gasteiger partial charge in [0.1, 0.15) is 5.75 Å². The predicted octanol–water partition coefficient (Wildman–Crippen LogP) is 4.14. The quantitative estimate of drug-likeness (QED) is 0.692. The molecule has 1 unspecified atom stereocenters. The highest BCUT2D eigenvalue weighted by molar-refractivity contribution is 9.10. The Kier molecular flexibility index (Phi) is 4.90. The zero-order valence-corrected chi connectivity index (χ0v) is 15.5. The molecule has 0 bridgehead atoms. The van der Waals surface area contributed by atoms with Gasteiger partial charge in [0.05, 0.1) is 29.2 Å². The molecule has 6 heteroatoms. The van der Waals surface area contributed by atoms with Gasteiger partial charge in [-0.15, -0.1) is 0 Å². The van der Waals surface area contributed by atoms with Crippen LogP contribution in [0.25, 0.3) is 5.69 Å². The van der Waals surface area contributed by atoms with Gasteiger partial charge in [0.2, 0.25) is 0 Å². The Morgan fingerprint density at radius 3 is 2.64 bits per heavy atom. The van der Waals surface area contributed by atoms with Crippen LogP contribution < -0.4 is 5.32 Å². The Morgan fingerprint density at radius 1 is 1.24 bits per heavy atom. The molecule has 2 aromatic carbocycles. The number of hydrogen-bond donors (Lipinski definition) is 2. The Balaban J connectivity index is 1.80. The van der Waals surface area contributed by atoms with Gasteiger partial charge in [-0.25, -0.2) is 4.68 Å². The van der Waals surface area contributed by atoms with Gasteiger partial charge in [-0.1, -0.05) is 28.1 Å². The lowest BCUT2D eigenvalue weighted by atomic mass is 10.1. The number of aromatic nitrogens is 2. The molecule has 1 heterocycles. The van der Waals surface area contributed by atoms with E-state index in [1.807, 2.05) is 44.2 Å². The van der Waals surface area contributed by atoms with Crippen LogP contribution in [0.4, 0.5) is 0 Å². The SMILES string of the molecule is Cc1c(C(=O)NC(C)c2cccc(O)c2)cnn1-c1ccc(Br)cc1. The molecule has 0 saturated heterocycles. The molecular weight excluding hydrogens is 382 g/mol. The minimum atomic E-state index is -0.227. The van der Waals surface area contributed by atoms with E-state index in [1.54, 1.807) is 29.1 Å². The normalized spacial score (nSPS) is 12.0. The van der Waals surface area contributed by atoms with E-state index in [4.69, 9.17) is 0 Å². The number of hydrogen-bond acceptors (Lipinski definition) is 3. The van der Waals surface area contributed by atoms with Crippen molar-refractivity contribution in [1.29, 1.82) is 0 Å². The van der Waals surface area contributed by atoms with E-state index in [-0.39, 0.29) is 17.7 Å². The predicted molar refractivity (Wildman–Crippen MR) is 100.0 cm³/mol. The van der Waals surface area contributed by atoms with E-state index < -0.39 is 0 Å². The van der Waals surface area contributed by atoms with Crippen LogP contribution in [-0.4, -0.2) is 20.8 Å². The third-order valence-electron chi connectivity index (χ3n) is 4.04. The fraction of sp³-hybridized carbons (Fsp3) is 0.158. The molecule has 5 nitrogen and oxygen atoms in total. The highest BCUT2D eigenvalue weighted by Gasteiger charge is 2.17. The molecule has 0 saturated carbocycles. The summed E-state index contributed by atoms with van der Waals surface area (Å²) in [7, 11) is 0. The molecule has 1 amide bonds. The van der Waals surface area contributed by atoms with Crippen LogP contribution in [0.3, 0.4) is 0 Å². The summed E-state index contributed by atoms with van der Waals surface area (Å²) in [5.74, 6) is -0.0189. The number of halogens is 1. The van der Waals surface area contributed by atoms with Crippen molar-refractivity contribution in [3.05, 3.63) is 76.0 Å². The van der Waals surface area contributed by atoms with E-state index in [2.05, 4.69) is 26.3 Å². The molecular formula is C19H18BrN3O2. The molecule has 0 aliphatic carbocycles. The number of nitrogens with one attached hydrogen (secondary N) is 1. The van der Waals surface area contributed by atoms with E-state index in [0.29, 0.717) is 5.56 Å². The standard InChI is InChI=1S/C19H18BrN3O2/c1-12(14-4-3-5-17(24)10-14)22-19(25)18-11-21-23(13(18)2)16-8-6-15(20)7-9-16/h3-12,24H,1-2H3,(H,22,25). The molecule has 128 valence electrons. The molecule has 25 heavy (non-hydrogen) atoms. The van der Waals surface area contributed by atoms with Crippen molar-refractivity contribution in [2.45, 2.75) is 19.9 Å². The van der Waals surface area contributed by atoms with E-state index in [9.17, 15) is 9.90 Å². The number of benzene rings is 2. The number of carbonyl (C=O) groups excluding carboxylic acids is 1. The van der Waals surface area contributed by atoms with Crippen molar-refractivity contribution in [2.24, 2.45) is 0 Å².